The molecule has 2 heterocycles. The number of nitriles is 1. The van der Waals surface area contributed by atoms with Gasteiger partial charge in [0.05, 0.1) is 6.07 Å². The summed E-state index contributed by atoms with van der Waals surface area (Å²) in [6.45, 7) is 4.80. The highest BCUT2D eigenvalue weighted by Crippen LogP contribution is 2.21. The molecule has 1 fully saturated rings. The third kappa shape index (κ3) is 3.51. The monoisotopic (exact) mass is 292 g/mol. The van der Waals surface area contributed by atoms with E-state index in [0.717, 1.165) is 38.3 Å². The van der Waals surface area contributed by atoms with Crippen molar-refractivity contribution in [3.05, 3.63) is 66.0 Å². The van der Waals surface area contributed by atoms with Crippen LogP contribution in [0, 0.1) is 11.3 Å². The molecule has 22 heavy (non-hydrogen) atoms. The summed E-state index contributed by atoms with van der Waals surface area (Å²) in [5.74, 6) is 0. The molecule has 1 aliphatic rings. The molecule has 0 unspecified atom stereocenters. The second-order valence-corrected chi connectivity index (χ2v) is 5.62. The van der Waals surface area contributed by atoms with Crippen LogP contribution in [0.1, 0.15) is 17.2 Å². The summed E-state index contributed by atoms with van der Waals surface area (Å²) in [6.07, 6.45) is 3.54. The van der Waals surface area contributed by atoms with Crippen LogP contribution in [0.25, 0.3) is 0 Å². The first-order valence-electron chi connectivity index (χ1n) is 7.66. The van der Waals surface area contributed by atoms with E-state index in [1.807, 2.05) is 18.2 Å². The van der Waals surface area contributed by atoms with Gasteiger partial charge in [-0.15, -0.1) is 0 Å². The van der Waals surface area contributed by atoms with Gasteiger partial charge in [0, 0.05) is 50.7 Å². The average molecular weight is 292 g/mol. The molecule has 0 amide bonds. The number of aromatic nitrogens is 1. The van der Waals surface area contributed by atoms with E-state index in [1.54, 1.807) is 12.4 Å². The Kier molecular flexibility index (Phi) is 4.79. The predicted octanol–water partition coefficient (Wildman–Crippen LogP) is 2.46. The third-order valence-corrected chi connectivity index (χ3v) is 4.14. The number of benzene rings is 1. The van der Waals surface area contributed by atoms with Crippen molar-refractivity contribution >= 4 is 0 Å². The molecule has 0 saturated carbocycles. The SMILES string of the molecule is N#C[C@H](c1cccnc1)N1CCN(Cc2ccccc2)CC1. The molecule has 1 atom stereocenters. The van der Waals surface area contributed by atoms with Gasteiger partial charge in [0.1, 0.15) is 6.04 Å². The zero-order chi connectivity index (χ0) is 15.2. The Hall–Kier alpha value is -2.22. The van der Waals surface area contributed by atoms with Crippen molar-refractivity contribution in [1.29, 1.82) is 5.26 Å². The van der Waals surface area contributed by atoms with E-state index in [9.17, 15) is 5.26 Å². The Bertz CT molecular complexity index is 613. The molecule has 0 spiro atoms. The van der Waals surface area contributed by atoms with E-state index < -0.39 is 0 Å². The normalized spacial score (nSPS) is 17.8. The summed E-state index contributed by atoms with van der Waals surface area (Å²) in [6, 6.07) is 16.7. The fourth-order valence-electron chi connectivity index (χ4n) is 2.93. The summed E-state index contributed by atoms with van der Waals surface area (Å²) in [7, 11) is 0. The molecule has 112 valence electrons. The van der Waals surface area contributed by atoms with Crippen LogP contribution in [-0.4, -0.2) is 41.0 Å². The number of rotatable bonds is 4. The number of piperazine rings is 1. The second kappa shape index (κ2) is 7.17. The fourth-order valence-corrected chi connectivity index (χ4v) is 2.93. The molecule has 4 heteroatoms. The zero-order valence-electron chi connectivity index (χ0n) is 12.6. The van der Waals surface area contributed by atoms with Crippen LogP contribution in [0.3, 0.4) is 0 Å². The van der Waals surface area contributed by atoms with Gasteiger partial charge in [0.25, 0.3) is 0 Å². The Labute approximate surface area is 131 Å². The van der Waals surface area contributed by atoms with Crippen molar-refractivity contribution in [1.82, 2.24) is 14.8 Å². The van der Waals surface area contributed by atoms with Crippen molar-refractivity contribution < 1.29 is 0 Å². The van der Waals surface area contributed by atoms with Crippen LogP contribution < -0.4 is 0 Å². The first-order chi connectivity index (χ1) is 10.9. The largest absolute Gasteiger partial charge is 0.297 e. The van der Waals surface area contributed by atoms with Gasteiger partial charge in [-0.1, -0.05) is 36.4 Å². The van der Waals surface area contributed by atoms with Crippen LogP contribution >= 0.6 is 0 Å². The Morgan fingerprint density at radius 3 is 2.45 bits per heavy atom. The molecule has 1 aromatic heterocycles. The van der Waals surface area contributed by atoms with Gasteiger partial charge >= 0.3 is 0 Å². The van der Waals surface area contributed by atoms with Gasteiger partial charge in [-0.3, -0.25) is 14.8 Å². The predicted molar refractivity (Wildman–Crippen MR) is 85.9 cm³/mol. The lowest BCUT2D eigenvalue weighted by atomic mass is 10.1. The van der Waals surface area contributed by atoms with E-state index in [4.69, 9.17) is 0 Å². The zero-order valence-corrected chi connectivity index (χ0v) is 12.6. The van der Waals surface area contributed by atoms with Crippen molar-refractivity contribution in [3.8, 4) is 6.07 Å². The van der Waals surface area contributed by atoms with Crippen molar-refractivity contribution in [2.24, 2.45) is 0 Å². The summed E-state index contributed by atoms with van der Waals surface area (Å²) in [5.41, 5.74) is 2.33. The quantitative estimate of drug-likeness (QED) is 0.868. The van der Waals surface area contributed by atoms with Gasteiger partial charge in [-0.25, -0.2) is 0 Å². The first-order valence-corrected chi connectivity index (χ1v) is 7.66. The Morgan fingerprint density at radius 2 is 1.82 bits per heavy atom. The minimum atomic E-state index is -0.187. The molecule has 0 bridgehead atoms. The number of hydrogen-bond acceptors (Lipinski definition) is 4. The van der Waals surface area contributed by atoms with E-state index in [0.29, 0.717) is 0 Å². The topological polar surface area (TPSA) is 43.2 Å². The standard InChI is InChI=1S/C18H20N4/c19-13-18(17-7-4-8-20-14-17)22-11-9-21(10-12-22)15-16-5-2-1-3-6-16/h1-8,14,18H,9-12,15H2/t18-/m1/s1. The molecule has 0 radical (unpaired) electrons. The minimum absolute atomic E-state index is 0.187. The third-order valence-electron chi connectivity index (χ3n) is 4.14. The summed E-state index contributed by atoms with van der Waals surface area (Å²) >= 11 is 0. The smallest absolute Gasteiger partial charge is 0.125 e. The molecule has 4 nitrogen and oxygen atoms in total. The van der Waals surface area contributed by atoms with Gasteiger partial charge in [0.15, 0.2) is 0 Å². The fraction of sp³-hybridized carbons (Fsp3) is 0.333. The highest BCUT2D eigenvalue weighted by atomic mass is 15.3. The Morgan fingerprint density at radius 1 is 1.05 bits per heavy atom. The summed E-state index contributed by atoms with van der Waals surface area (Å²) < 4.78 is 0. The van der Waals surface area contributed by atoms with Crippen LogP contribution in [0.5, 0.6) is 0 Å². The molecule has 3 rings (SSSR count). The lowest BCUT2D eigenvalue weighted by Gasteiger charge is -2.36. The number of hydrogen-bond donors (Lipinski definition) is 0. The number of nitrogens with zero attached hydrogens (tertiary/aromatic N) is 4. The second-order valence-electron chi connectivity index (χ2n) is 5.62. The van der Waals surface area contributed by atoms with Gasteiger partial charge in [0.2, 0.25) is 0 Å². The molecular formula is C18H20N4. The van der Waals surface area contributed by atoms with E-state index in [-0.39, 0.29) is 6.04 Å². The summed E-state index contributed by atoms with van der Waals surface area (Å²) in [4.78, 5) is 8.83. The number of pyridine rings is 1. The highest BCUT2D eigenvalue weighted by molar-refractivity contribution is 5.21. The van der Waals surface area contributed by atoms with Gasteiger partial charge in [-0.05, 0) is 11.6 Å². The Balaban J connectivity index is 1.58. The minimum Gasteiger partial charge on any atom is -0.297 e. The molecule has 1 saturated heterocycles. The molecule has 1 aromatic carbocycles. The molecule has 1 aliphatic heterocycles. The van der Waals surface area contributed by atoms with Gasteiger partial charge < -0.3 is 0 Å². The van der Waals surface area contributed by atoms with Crippen LogP contribution in [0.4, 0.5) is 0 Å². The van der Waals surface area contributed by atoms with Crippen LogP contribution in [0.2, 0.25) is 0 Å². The lowest BCUT2D eigenvalue weighted by Crippen LogP contribution is -2.46. The summed E-state index contributed by atoms with van der Waals surface area (Å²) in [5, 5.41) is 9.50. The van der Waals surface area contributed by atoms with E-state index in [1.165, 1.54) is 5.56 Å². The molecule has 0 aliphatic carbocycles. The molecule has 2 aromatic rings. The van der Waals surface area contributed by atoms with Crippen molar-refractivity contribution in [2.45, 2.75) is 12.6 Å². The molecule has 0 N–H and O–H groups in total. The maximum absolute atomic E-state index is 9.50. The van der Waals surface area contributed by atoms with Crippen LogP contribution in [-0.2, 0) is 6.54 Å². The van der Waals surface area contributed by atoms with Crippen LogP contribution in [0.15, 0.2) is 54.9 Å². The highest BCUT2D eigenvalue weighted by Gasteiger charge is 2.24. The molecular weight excluding hydrogens is 272 g/mol. The lowest BCUT2D eigenvalue weighted by molar-refractivity contribution is 0.109. The maximum atomic E-state index is 9.50. The van der Waals surface area contributed by atoms with Crippen molar-refractivity contribution in [3.63, 3.8) is 0 Å². The maximum Gasteiger partial charge on any atom is 0.125 e. The first kappa shape index (κ1) is 14.7. The van der Waals surface area contributed by atoms with Gasteiger partial charge in [-0.2, -0.15) is 5.26 Å². The van der Waals surface area contributed by atoms with E-state index >= 15 is 0 Å². The van der Waals surface area contributed by atoms with E-state index in [2.05, 4.69) is 45.1 Å². The van der Waals surface area contributed by atoms with Crippen molar-refractivity contribution in [2.75, 3.05) is 26.2 Å². The average Bonchev–Trinajstić information content (AvgIpc) is 2.59.